The number of ether oxygens (including phenoxy) is 1. The van der Waals surface area contributed by atoms with Crippen LogP contribution in [0.3, 0.4) is 0 Å². The largest absolute Gasteiger partial charge is 0.388 e. The van der Waals surface area contributed by atoms with Crippen LogP contribution in [0.4, 0.5) is 17.1 Å². The van der Waals surface area contributed by atoms with Gasteiger partial charge in [0.1, 0.15) is 5.75 Å². The van der Waals surface area contributed by atoms with Crippen LogP contribution in [-0.2, 0) is 0 Å². The van der Waals surface area contributed by atoms with Crippen molar-refractivity contribution in [2.45, 2.75) is 13.8 Å². The summed E-state index contributed by atoms with van der Waals surface area (Å²) in [7, 11) is 0. The van der Waals surface area contributed by atoms with E-state index in [9.17, 15) is 0 Å². The van der Waals surface area contributed by atoms with Crippen molar-refractivity contribution >= 4 is 17.1 Å². The van der Waals surface area contributed by atoms with Crippen molar-refractivity contribution in [2.75, 3.05) is 4.90 Å². The standard InChI is InChI=1S/C19H14N2O.C2H6/c20-15-22-19-13-11-18(12-14-19)21(16-7-3-1-4-8-16)17-9-5-2-6-10-17;1-2/h1-14H;1-2H3. The van der Waals surface area contributed by atoms with E-state index in [0.29, 0.717) is 5.75 Å². The lowest BCUT2D eigenvalue weighted by atomic mass is 10.2. The van der Waals surface area contributed by atoms with E-state index in [-0.39, 0.29) is 0 Å². The van der Waals surface area contributed by atoms with Gasteiger partial charge in [-0.25, -0.2) is 0 Å². The minimum absolute atomic E-state index is 0.535. The summed E-state index contributed by atoms with van der Waals surface area (Å²) in [5.74, 6) is 0.535. The van der Waals surface area contributed by atoms with Crippen LogP contribution in [0.2, 0.25) is 0 Å². The number of nitriles is 1. The molecule has 0 unspecified atom stereocenters. The molecule has 0 bridgehead atoms. The van der Waals surface area contributed by atoms with E-state index >= 15 is 0 Å². The Hall–Kier alpha value is -3.25. The monoisotopic (exact) mass is 316 g/mol. The van der Waals surface area contributed by atoms with E-state index < -0.39 is 0 Å². The molecular weight excluding hydrogens is 296 g/mol. The van der Waals surface area contributed by atoms with Crippen LogP contribution in [-0.4, -0.2) is 0 Å². The maximum atomic E-state index is 8.57. The van der Waals surface area contributed by atoms with Gasteiger partial charge in [-0.05, 0) is 48.5 Å². The lowest BCUT2D eigenvalue weighted by Crippen LogP contribution is -2.09. The fraction of sp³-hybridized carbons (Fsp3) is 0.0952. The molecule has 0 aliphatic carbocycles. The SMILES string of the molecule is CC.N#COc1ccc(N(c2ccccc2)c2ccccc2)cc1. The fourth-order valence-corrected chi connectivity index (χ4v) is 2.32. The average Bonchev–Trinajstić information content (AvgIpc) is 2.67. The predicted octanol–water partition coefficient (Wildman–Crippen LogP) is 6.04. The minimum atomic E-state index is 0.535. The summed E-state index contributed by atoms with van der Waals surface area (Å²) in [6.45, 7) is 4.00. The number of hydrogen-bond acceptors (Lipinski definition) is 3. The van der Waals surface area contributed by atoms with Gasteiger partial charge in [0.15, 0.2) is 0 Å². The molecule has 0 heterocycles. The van der Waals surface area contributed by atoms with E-state index in [1.165, 1.54) is 0 Å². The molecule has 120 valence electrons. The third-order valence-corrected chi connectivity index (χ3v) is 3.29. The predicted molar refractivity (Wildman–Crippen MR) is 98.7 cm³/mol. The first-order valence-electron chi connectivity index (χ1n) is 7.95. The molecule has 3 aromatic rings. The lowest BCUT2D eigenvalue weighted by Gasteiger charge is -2.25. The molecule has 0 saturated carbocycles. The van der Waals surface area contributed by atoms with E-state index in [2.05, 4.69) is 29.2 Å². The van der Waals surface area contributed by atoms with E-state index in [4.69, 9.17) is 10.00 Å². The van der Waals surface area contributed by atoms with Crippen LogP contribution < -0.4 is 9.64 Å². The van der Waals surface area contributed by atoms with E-state index in [1.54, 1.807) is 18.4 Å². The number of nitrogens with zero attached hydrogens (tertiary/aromatic N) is 2. The summed E-state index contributed by atoms with van der Waals surface area (Å²) in [5, 5.41) is 8.57. The van der Waals surface area contributed by atoms with Crippen molar-refractivity contribution in [3.05, 3.63) is 84.9 Å². The number of rotatable bonds is 4. The molecule has 24 heavy (non-hydrogen) atoms. The van der Waals surface area contributed by atoms with Crippen molar-refractivity contribution in [2.24, 2.45) is 0 Å². The van der Waals surface area contributed by atoms with Gasteiger partial charge in [0.2, 0.25) is 0 Å². The second-order valence-corrected chi connectivity index (χ2v) is 4.69. The van der Waals surface area contributed by atoms with Crippen LogP contribution in [0.25, 0.3) is 0 Å². The zero-order valence-corrected chi connectivity index (χ0v) is 13.9. The molecule has 0 fully saturated rings. The number of para-hydroxylation sites is 2. The van der Waals surface area contributed by atoms with Crippen LogP contribution in [0.1, 0.15) is 13.8 Å². The second kappa shape index (κ2) is 9.02. The van der Waals surface area contributed by atoms with Crippen LogP contribution in [0.5, 0.6) is 5.75 Å². The first-order valence-corrected chi connectivity index (χ1v) is 7.95. The van der Waals surface area contributed by atoms with Gasteiger partial charge in [-0.3, -0.25) is 0 Å². The fourth-order valence-electron chi connectivity index (χ4n) is 2.32. The normalized spacial score (nSPS) is 9.21. The number of anilines is 3. The molecular formula is C21H20N2O. The molecule has 3 nitrogen and oxygen atoms in total. The van der Waals surface area contributed by atoms with Gasteiger partial charge in [0, 0.05) is 17.1 Å². The van der Waals surface area contributed by atoms with Crippen molar-refractivity contribution in [3.8, 4) is 12.0 Å². The van der Waals surface area contributed by atoms with Gasteiger partial charge in [0.25, 0.3) is 6.26 Å². The van der Waals surface area contributed by atoms with Gasteiger partial charge in [-0.15, -0.1) is 5.26 Å². The molecule has 0 aromatic heterocycles. The molecule has 0 spiro atoms. The number of benzene rings is 3. The molecule has 3 rings (SSSR count). The summed E-state index contributed by atoms with van der Waals surface area (Å²) < 4.78 is 4.84. The van der Waals surface area contributed by atoms with Gasteiger partial charge >= 0.3 is 0 Å². The van der Waals surface area contributed by atoms with Crippen molar-refractivity contribution in [1.29, 1.82) is 5.26 Å². The highest BCUT2D eigenvalue weighted by molar-refractivity contribution is 5.76. The summed E-state index contributed by atoms with van der Waals surface area (Å²) in [4.78, 5) is 2.15. The molecule has 0 aliphatic heterocycles. The molecule has 0 N–H and O–H groups in total. The first-order chi connectivity index (χ1) is 11.9. The maximum Gasteiger partial charge on any atom is 0.292 e. The Morgan fingerprint density at radius 2 is 1.08 bits per heavy atom. The summed E-state index contributed by atoms with van der Waals surface area (Å²) in [5.41, 5.74) is 3.15. The second-order valence-electron chi connectivity index (χ2n) is 4.69. The Balaban J connectivity index is 0.00000100. The summed E-state index contributed by atoms with van der Waals surface area (Å²) in [6, 6.07) is 27.7. The topological polar surface area (TPSA) is 36.3 Å². The van der Waals surface area contributed by atoms with Crippen LogP contribution >= 0.6 is 0 Å². The van der Waals surface area contributed by atoms with Crippen molar-refractivity contribution in [3.63, 3.8) is 0 Å². The van der Waals surface area contributed by atoms with E-state index in [1.807, 2.05) is 62.4 Å². The molecule has 0 amide bonds. The van der Waals surface area contributed by atoms with Crippen molar-refractivity contribution < 1.29 is 4.74 Å². The smallest absolute Gasteiger partial charge is 0.292 e. The maximum absolute atomic E-state index is 8.57. The van der Waals surface area contributed by atoms with Gasteiger partial charge in [-0.1, -0.05) is 50.2 Å². The van der Waals surface area contributed by atoms with Crippen LogP contribution in [0, 0.1) is 11.5 Å². The van der Waals surface area contributed by atoms with E-state index in [0.717, 1.165) is 17.1 Å². The lowest BCUT2D eigenvalue weighted by molar-refractivity contribution is 0.507. The summed E-state index contributed by atoms with van der Waals surface area (Å²) >= 11 is 0. The third kappa shape index (κ3) is 4.15. The molecule has 3 heteroatoms. The average molecular weight is 316 g/mol. The Labute approximate surface area is 143 Å². The van der Waals surface area contributed by atoms with Gasteiger partial charge in [0.05, 0.1) is 0 Å². The highest BCUT2D eigenvalue weighted by Gasteiger charge is 2.11. The molecule has 0 aliphatic rings. The Kier molecular flexibility index (Phi) is 6.43. The summed E-state index contributed by atoms with van der Waals surface area (Å²) in [6.07, 6.45) is 1.68. The van der Waals surface area contributed by atoms with Crippen LogP contribution in [0.15, 0.2) is 84.9 Å². The minimum Gasteiger partial charge on any atom is -0.388 e. The molecule has 0 saturated heterocycles. The zero-order chi connectivity index (χ0) is 17.2. The first kappa shape index (κ1) is 17.1. The quantitative estimate of drug-likeness (QED) is 0.550. The molecule has 3 aromatic carbocycles. The number of hydrogen-bond donors (Lipinski definition) is 0. The highest BCUT2D eigenvalue weighted by atomic mass is 16.5. The van der Waals surface area contributed by atoms with Gasteiger partial charge < -0.3 is 9.64 Å². The zero-order valence-electron chi connectivity index (χ0n) is 13.9. The third-order valence-electron chi connectivity index (χ3n) is 3.29. The van der Waals surface area contributed by atoms with Crippen molar-refractivity contribution in [1.82, 2.24) is 0 Å². The van der Waals surface area contributed by atoms with Gasteiger partial charge in [-0.2, -0.15) is 0 Å². The Morgan fingerprint density at radius 3 is 1.50 bits per heavy atom. The molecule has 0 radical (unpaired) electrons. The molecule has 0 atom stereocenters. The highest BCUT2D eigenvalue weighted by Crippen LogP contribution is 2.34. The Morgan fingerprint density at radius 1 is 0.667 bits per heavy atom. The Bertz CT molecular complexity index is 723.